The third-order valence-electron chi connectivity index (χ3n) is 3.57. The number of rotatable bonds is 8. The second-order valence-electron chi connectivity index (χ2n) is 5.41. The van der Waals surface area contributed by atoms with Crippen LogP contribution >= 0.6 is 0 Å². The van der Waals surface area contributed by atoms with Crippen molar-refractivity contribution in [2.45, 2.75) is 50.0 Å². The fraction of sp³-hybridized carbons (Fsp3) is 0.533. The largest absolute Gasteiger partial charge is 0.481 e. The van der Waals surface area contributed by atoms with E-state index in [0.717, 1.165) is 25.7 Å². The number of sulfonamides is 1. The second-order valence-corrected chi connectivity index (χ2v) is 7.31. The average molecular weight is 311 g/mol. The predicted octanol–water partition coefficient (Wildman–Crippen LogP) is 2.27. The molecule has 21 heavy (non-hydrogen) atoms. The van der Waals surface area contributed by atoms with Crippen molar-refractivity contribution in [3.05, 3.63) is 29.8 Å². The van der Waals surface area contributed by atoms with Gasteiger partial charge in [-0.2, -0.15) is 4.31 Å². The third-order valence-corrected chi connectivity index (χ3v) is 5.54. The molecule has 0 unspecified atom stereocenters. The lowest BCUT2D eigenvalue weighted by Crippen LogP contribution is -2.34. The first-order valence-corrected chi connectivity index (χ1v) is 8.71. The summed E-state index contributed by atoms with van der Waals surface area (Å²) < 4.78 is 26.9. The van der Waals surface area contributed by atoms with Crippen molar-refractivity contribution in [1.29, 1.82) is 0 Å². The van der Waals surface area contributed by atoms with Crippen LogP contribution < -0.4 is 0 Å². The first kappa shape index (κ1) is 16.0. The standard InChI is InChI=1S/C15H21NO4S/c1-2-3-10-16(13-6-7-13)21(19,20)14-8-4-12(5-9-14)11-15(17)18/h4-5,8-9,13H,2-3,6-7,10-11H2,1H3,(H,17,18). The van der Waals surface area contributed by atoms with Gasteiger partial charge in [-0.05, 0) is 37.0 Å². The van der Waals surface area contributed by atoms with Crippen molar-refractivity contribution in [2.24, 2.45) is 0 Å². The number of carboxylic acids is 1. The zero-order chi connectivity index (χ0) is 15.5. The van der Waals surface area contributed by atoms with Crippen molar-refractivity contribution in [3.8, 4) is 0 Å². The smallest absolute Gasteiger partial charge is 0.307 e. The molecule has 0 atom stereocenters. The van der Waals surface area contributed by atoms with Gasteiger partial charge in [0.2, 0.25) is 10.0 Å². The van der Waals surface area contributed by atoms with Crippen LogP contribution in [0.3, 0.4) is 0 Å². The van der Waals surface area contributed by atoms with Crippen LogP contribution in [-0.2, 0) is 21.2 Å². The molecule has 0 saturated heterocycles. The van der Waals surface area contributed by atoms with E-state index >= 15 is 0 Å². The maximum Gasteiger partial charge on any atom is 0.307 e. The summed E-state index contributed by atoms with van der Waals surface area (Å²) in [5, 5.41) is 8.74. The molecule has 0 amide bonds. The minimum Gasteiger partial charge on any atom is -0.481 e. The highest BCUT2D eigenvalue weighted by atomic mass is 32.2. The molecule has 116 valence electrons. The predicted molar refractivity (Wildman–Crippen MR) is 79.6 cm³/mol. The van der Waals surface area contributed by atoms with Crippen LogP contribution in [-0.4, -0.2) is 36.4 Å². The van der Waals surface area contributed by atoms with Crippen molar-refractivity contribution in [2.75, 3.05) is 6.54 Å². The van der Waals surface area contributed by atoms with Crippen LogP contribution in [0.1, 0.15) is 38.2 Å². The molecule has 0 spiro atoms. The van der Waals surface area contributed by atoms with Gasteiger partial charge in [0.1, 0.15) is 0 Å². The lowest BCUT2D eigenvalue weighted by molar-refractivity contribution is -0.136. The zero-order valence-electron chi connectivity index (χ0n) is 12.2. The molecule has 1 fully saturated rings. The number of benzene rings is 1. The molecular formula is C15H21NO4S. The summed E-state index contributed by atoms with van der Waals surface area (Å²) in [4.78, 5) is 10.9. The summed E-state index contributed by atoms with van der Waals surface area (Å²) in [5.41, 5.74) is 0.605. The van der Waals surface area contributed by atoms with Gasteiger partial charge in [-0.15, -0.1) is 0 Å². The van der Waals surface area contributed by atoms with E-state index in [1.165, 1.54) is 12.1 Å². The van der Waals surface area contributed by atoms with E-state index in [9.17, 15) is 13.2 Å². The summed E-state index contributed by atoms with van der Waals surface area (Å²) >= 11 is 0. The Kier molecular flexibility index (Phi) is 5.00. The maximum atomic E-state index is 12.7. The number of hydrogen-bond donors (Lipinski definition) is 1. The molecular weight excluding hydrogens is 290 g/mol. The van der Waals surface area contributed by atoms with Gasteiger partial charge in [-0.1, -0.05) is 25.5 Å². The number of nitrogens with zero attached hydrogens (tertiary/aromatic N) is 1. The van der Waals surface area contributed by atoms with Gasteiger partial charge in [0.25, 0.3) is 0 Å². The minimum atomic E-state index is -3.47. The number of unbranched alkanes of at least 4 members (excludes halogenated alkanes) is 1. The molecule has 1 N–H and O–H groups in total. The molecule has 1 saturated carbocycles. The molecule has 0 bridgehead atoms. The van der Waals surface area contributed by atoms with E-state index in [1.54, 1.807) is 16.4 Å². The number of aliphatic carboxylic acids is 1. The Hall–Kier alpha value is -1.40. The molecule has 1 aromatic carbocycles. The summed E-state index contributed by atoms with van der Waals surface area (Å²) in [5.74, 6) is -0.923. The average Bonchev–Trinajstić information content (AvgIpc) is 3.23. The highest BCUT2D eigenvalue weighted by molar-refractivity contribution is 7.89. The van der Waals surface area contributed by atoms with Crippen LogP contribution in [0.25, 0.3) is 0 Å². The molecule has 6 heteroatoms. The van der Waals surface area contributed by atoms with Crippen LogP contribution in [0.2, 0.25) is 0 Å². The van der Waals surface area contributed by atoms with E-state index in [4.69, 9.17) is 5.11 Å². The Morgan fingerprint density at radius 2 is 1.90 bits per heavy atom. The highest BCUT2D eigenvalue weighted by Crippen LogP contribution is 2.32. The van der Waals surface area contributed by atoms with Crippen LogP contribution in [0, 0.1) is 0 Å². The van der Waals surface area contributed by atoms with E-state index in [2.05, 4.69) is 0 Å². The Labute approximate surface area is 125 Å². The van der Waals surface area contributed by atoms with Gasteiger partial charge in [-0.25, -0.2) is 8.42 Å². The summed E-state index contributed by atoms with van der Waals surface area (Å²) in [6, 6.07) is 6.31. The van der Waals surface area contributed by atoms with Gasteiger partial charge in [0, 0.05) is 12.6 Å². The van der Waals surface area contributed by atoms with E-state index in [-0.39, 0.29) is 17.4 Å². The van der Waals surface area contributed by atoms with Crippen LogP contribution in [0.15, 0.2) is 29.2 Å². The Bertz CT molecular complexity index is 591. The van der Waals surface area contributed by atoms with E-state index < -0.39 is 16.0 Å². The first-order valence-electron chi connectivity index (χ1n) is 7.27. The van der Waals surface area contributed by atoms with Crippen LogP contribution in [0.4, 0.5) is 0 Å². The number of carbonyl (C=O) groups is 1. The topological polar surface area (TPSA) is 74.7 Å². The highest BCUT2D eigenvalue weighted by Gasteiger charge is 2.37. The molecule has 2 rings (SSSR count). The van der Waals surface area contributed by atoms with E-state index in [0.29, 0.717) is 12.1 Å². The summed E-state index contributed by atoms with van der Waals surface area (Å²) in [7, 11) is -3.47. The Balaban J connectivity index is 2.18. The van der Waals surface area contributed by atoms with Gasteiger partial charge in [0.15, 0.2) is 0 Å². The van der Waals surface area contributed by atoms with Crippen molar-refractivity contribution in [1.82, 2.24) is 4.31 Å². The van der Waals surface area contributed by atoms with Crippen molar-refractivity contribution >= 4 is 16.0 Å². The molecule has 1 aromatic rings. The normalized spacial score (nSPS) is 15.3. The van der Waals surface area contributed by atoms with Crippen molar-refractivity contribution < 1.29 is 18.3 Å². The SMILES string of the molecule is CCCCN(C1CC1)S(=O)(=O)c1ccc(CC(=O)O)cc1. The summed E-state index contributed by atoms with van der Waals surface area (Å²) in [6.07, 6.45) is 3.58. The van der Waals surface area contributed by atoms with Crippen molar-refractivity contribution in [3.63, 3.8) is 0 Å². The number of hydrogen-bond acceptors (Lipinski definition) is 3. The minimum absolute atomic E-state index is 0.0947. The van der Waals surface area contributed by atoms with E-state index in [1.807, 2.05) is 6.92 Å². The second kappa shape index (κ2) is 6.58. The summed E-state index contributed by atoms with van der Waals surface area (Å²) in [6.45, 7) is 2.60. The molecule has 1 aliphatic carbocycles. The van der Waals surface area contributed by atoms with Crippen LogP contribution in [0.5, 0.6) is 0 Å². The fourth-order valence-corrected chi connectivity index (χ4v) is 3.99. The maximum absolute atomic E-state index is 12.7. The number of carboxylic acid groups (broad SMARTS) is 1. The lowest BCUT2D eigenvalue weighted by atomic mass is 10.2. The molecule has 0 heterocycles. The molecule has 0 radical (unpaired) electrons. The molecule has 0 aromatic heterocycles. The fourth-order valence-electron chi connectivity index (χ4n) is 2.26. The quantitative estimate of drug-likeness (QED) is 0.799. The molecule has 0 aliphatic heterocycles. The Morgan fingerprint density at radius 1 is 1.29 bits per heavy atom. The van der Waals surface area contributed by atoms with Gasteiger partial charge in [-0.3, -0.25) is 4.79 Å². The zero-order valence-corrected chi connectivity index (χ0v) is 13.0. The first-order chi connectivity index (χ1) is 9.95. The van der Waals surface area contributed by atoms with Gasteiger partial charge >= 0.3 is 5.97 Å². The Morgan fingerprint density at radius 3 is 2.38 bits per heavy atom. The van der Waals surface area contributed by atoms with Gasteiger partial charge in [0.05, 0.1) is 11.3 Å². The monoisotopic (exact) mass is 311 g/mol. The molecule has 1 aliphatic rings. The third kappa shape index (κ3) is 4.04. The van der Waals surface area contributed by atoms with Gasteiger partial charge < -0.3 is 5.11 Å². The lowest BCUT2D eigenvalue weighted by Gasteiger charge is -2.21. The molecule has 5 nitrogen and oxygen atoms in total.